The molecule has 1 aromatic carbocycles. The van der Waals surface area contributed by atoms with Gasteiger partial charge in [-0.25, -0.2) is 13.1 Å². The van der Waals surface area contributed by atoms with Crippen LogP contribution in [0.5, 0.6) is 0 Å². The van der Waals surface area contributed by atoms with E-state index in [1.54, 1.807) is 25.4 Å². The van der Waals surface area contributed by atoms with Crippen molar-refractivity contribution in [1.82, 2.24) is 9.71 Å². The zero-order valence-electron chi connectivity index (χ0n) is 18.3. The maximum absolute atomic E-state index is 12.6. The number of rotatable bonds is 8. The van der Waals surface area contributed by atoms with Crippen LogP contribution < -0.4 is 10.0 Å². The number of nitrogens with zero attached hydrogens (tertiary/aromatic N) is 1. The third kappa shape index (κ3) is 4.37. The maximum Gasteiger partial charge on any atom is 0.240 e. The van der Waals surface area contributed by atoms with Crippen LogP contribution in [0.15, 0.2) is 47.6 Å². The molecule has 0 unspecified atom stereocenters. The van der Waals surface area contributed by atoms with Crippen LogP contribution in [0.25, 0.3) is 0 Å². The average molecular weight is 440 g/mol. The van der Waals surface area contributed by atoms with Gasteiger partial charge in [0.15, 0.2) is 0 Å². The predicted molar refractivity (Wildman–Crippen MR) is 123 cm³/mol. The number of anilines is 1. The van der Waals surface area contributed by atoms with Crippen LogP contribution in [0, 0.1) is 29.6 Å². The molecule has 4 saturated carbocycles. The van der Waals surface area contributed by atoms with Crippen molar-refractivity contribution in [2.75, 3.05) is 11.9 Å². The summed E-state index contributed by atoms with van der Waals surface area (Å²) in [5.41, 5.74) is 3.34. The van der Waals surface area contributed by atoms with E-state index in [2.05, 4.69) is 15.0 Å². The summed E-state index contributed by atoms with van der Waals surface area (Å²) in [7, 11) is -3.48. The van der Waals surface area contributed by atoms with Gasteiger partial charge in [0.1, 0.15) is 0 Å². The number of hydrogen-bond donors (Lipinski definition) is 2. The Morgan fingerprint density at radius 2 is 1.65 bits per heavy atom. The van der Waals surface area contributed by atoms with Gasteiger partial charge in [0.05, 0.1) is 4.90 Å². The number of nitrogens with one attached hydrogen (secondary N) is 2. The Morgan fingerprint density at radius 1 is 0.968 bits per heavy atom. The second-order valence-electron chi connectivity index (χ2n) is 9.83. The van der Waals surface area contributed by atoms with Crippen LogP contribution in [-0.2, 0) is 23.0 Å². The first-order valence-corrected chi connectivity index (χ1v) is 13.3. The van der Waals surface area contributed by atoms with E-state index in [-0.39, 0.29) is 0 Å². The van der Waals surface area contributed by atoms with E-state index in [0.29, 0.717) is 18.0 Å². The zero-order valence-corrected chi connectivity index (χ0v) is 19.1. The summed E-state index contributed by atoms with van der Waals surface area (Å²) in [6, 6.07) is 9.63. The standard InChI is InChI=1S/C25H33N3O2S/c1-2-28-31(29,30)23-4-3-20(25(15-23)27-16-17-5-7-26-8-6-17)14-24-21-10-18-9-19(12-21)13-22(24)11-18/h3-8,15,18-19,21-22,24,27-28H,2,9-14,16H2,1H3. The average Bonchev–Trinajstić information content (AvgIpc) is 2.75. The third-order valence-corrected chi connectivity index (χ3v) is 9.38. The van der Waals surface area contributed by atoms with E-state index >= 15 is 0 Å². The predicted octanol–water partition coefficient (Wildman–Crippen LogP) is 4.61. The molecule has 4 bridgehead atoms. The summed E-state index contributed by atoms with van der Waals surface area (Å²) >= 11 is 0. The number of pyridine rings is 1. The molecule has 4 fully saturated rings. The lowest BCUT2D eigenvalue weighted by Gasteiger charge is -2.54. The smallest absolute Gasteiger partial charge is 0.240 e. The summed E-state index contributed by atoms with van der Waals surface area (Å²) in [6.07, 6.45) is 11.7. The summed E-state index contributed by atoms with van der Waals surface area (Å²) in [5, 5.41) is 3.54. The van der Waals surface area contributed by atoms with Gasteiger partial charge in [-0.15, -0.1) is 0 Å². The molecular weight excluding hydrogens is 406 g/mol. The molecule has 31 heavy (non-hydrogen) atoms. The Balaban J connectivity index is 1.41. The highest BCUT2D eigenvalue weighted by molar-refractivity contribution is 7.89. The molecule has 0 saturated heterocycles. The summed E-state index contributed by atoms with van der Waals surface area (Å²) in [6.45, 7) is 2.85. The summed E-state index contributed by atoms with van der Waals surface area (Å²) < 4.78 is 27.8. The molecule has 5 nitrogen and oxygen atoms in total. The van der Waals surface area contributed by atoms with E-state index < -0.39 is 10.0 Å². The molecule has 166 valence electrons. The van der Waals surface area contributed by atoms with E-state index in [0.717, 1.165) is 47.3 Å². The minimum absolute atomic E-state index is 0.334. The third-order valence-electron chi connectivity index (χ3n) is 7.84. The molecule has 4 aliphatic carbocycles. The highest BCUT2D eigenvalue weighted by Crippen LogP contribution is 2.57. The molecule has 0 atom stereocenters. The fourth-order valence-corrected chi connectivity index (χ4v) is 7.73. The van der Waals surface area contributed by atoms with Crippen LogP contribution in [0.2, 0.25) is 0 Å². The normalized spacial score (nSPS) is 29.3. The van der Waals surface area contributed by atoms with E-state index in [1.807, 2.05) is 24.3 Å². The van der Waals surface area contributed by atoms with Gasteiger partial charge in [-0.3, -0.25) is 4.98 Å². The lowest BCUT2D eigenvalue weighted by molar-refractivity contribution is -0.0359. The van der Waals surface area contributed by atoms with Crippen LogP contribution in [-0.4, -0.2) is 19.9 Å². The van der Waals surface area contributed by atoms with Gasteiger partial charge < -0.3 is 5.32 Å². The number of benzene rings is 1. The SMILES string of the molecule is CCNS(=O)(=O)c1ccc(CC2C3CC4CC(C3)CC2C4)c(NCc2ccncc2)c1. The fraction of sp³-hybridized carbons (Fsp3) is 0.560. The molecule has 0 aliphatic heterocycles. The molecule has 0 amide bonds. The Kier molecular flexibility index (Phi) is 5.78. The van der Waals surface area contributed by atoms with Gasteiger partial charge in [-0.05, 0) is 104 Å². The van der Waals surface area contributed by atoms with Crippen molar-refractivity contribution in [2.45, 2.75) is 56.9 Å². The Bertz CT molecular complexity index is 994. The van der Waals surface area contributed by atoms with Crippen LogP contribution >= 0.6 is 0 Å². The van der Waals surface area contributed by atoms with Crippen molar-refractivity contribution in [3.63, 3.8) is 0 Å². The molecule has 0 radical (unpaired) electrons. The van der Waals surface area contributed by atoms with Crippen LogP contribution in [0.1, 0.15) is 50.2 Å². The van der Waals surface area contributed by atoms with Crippen molar-refractivity contribution in [3.05, 3.63) is 53.9 Å². The van der Waals surface area contributed by atoms with Crippen molar-refractivity contribution in [3.8, 4) is 0 Å². The lowest BCUT2D eigenvalue weighted by atomic mass is 9.51. The molecule has 2 aromatic rings. The van der Waals surface area contributed by atoms with E-state index in [1.165, 1.54) is 37.7 Å². The van der Waals surface area contributed by atoms with Gasteiger partial charge in [0.25, 0.3) is 0 Å². The molecule has 2 N–H and O–H groups in total. The van der Waals surface area contributed by atoms with Gasteiger partial charge >= 0.3 is 0 Å². The molecule has 6 rings (SSSR count). The Morgan fingerprint density at radius 3 is 2.29 bits per heavy atom. The maximum atomic E-state index is 12.6. The van der Waals surface area contributed by atoms with Gasteiger partial charge in [0.2, 0.25) is 10.0 Å². The highest BCUT2D eigenvalue weighted by atomic mass is 32.2. The lowest BCUT2D eigenvalue weighted by Crippen LogP contribution is -2.45. The van der Waals surface area contributed by atoms with Crippen molar-refractivity contribution in [2.24, 2.45) is 29.6 Å². The van der Waals surface area contributed by atoms with Gasteiger partial charge in [0, 0.05) is 31.2 Å². The summed E-state index contributed by atoms with van der Waals surface area (Å²) in [4.78, 5) is 4.42. The summed E-state index contributed by atoms with van der Waals surface area (Å²) in [5.74, 6) is 4.39. The largest absolute Gasteiger partial charge is 0.381 e. The highest BCUT2D eigenvalue weighted by Gasteiger charge is 2.47. The molecule has 1 heterocycles. The molecular formula is C25H33N3O2S. The molecule has 4 aliphatic rings. The number of sulfonamides is 1. The first-order valence-electron chi connectivity index (χ1n) is 11.8. The monoisotopic (exact) mass is 439 g/mol. The fourth-order valence-electron chi connectivity index (χ4n) is 6.66. The van der Waals surface area contributed by atoms with Crippen molar-refractivity contribution < 1.29 is 8.42 Å². The van der Waals surface area contributed by atoms with E-state index in [4.69, 9.17) is 0 Å². The Labute approximate surface area is 186 Å². The van der Waals surface area contributed by atoms with E-state index in [9.17, 15) is 8.42 Å². The Hall–Kier alpha value is -1.92. The van der Waals surface area contributed by atoms with Crippen molar-refractivity contribution >= 4 is 15.7 Å². The molecule has 6 heteroatoms. The topological polar surface area (TPSA) is 71.1 Å². The first-order chi connectivity index (χ1) is 15.0. The number of aromatic nitrogens is 1. The van der Waals surface area contributed by atoms with Crippen molar-refractivity contribution in [1.29, 1.82) is 0 Å². The van der Waals surface area contributed by atoms with Crippen LogP contribution in [0.3, 0.4) is 0 Å². The minimum atomic E-state index is -3.48. The van der Waals surface area contributed by atoms with Crippen LogP contribution in [0.4, 0.5) is 5.69 Å². The first kappa shape index (κ1) is 21.0. The number of hydrogen-bond acceptors (Lipinski definition) is 4. The molecule has 0 spiro atoms. The van der Waals surface area contributed by atoms with Gasteiger partial charge in [-0.2, -0.15) is 0 Å². The second-order valence-corrected chi connectivity index (χ2v) is 11.6. The second kappa shape index (κ2) is 8.55. The molecule has 1 aromatic heterocycles. The minimum Gasteiger partial charge on any atom is -0.381 e. The quantitative estimate of drug-likeness (QED) is 0.630. The van der Waals surface area contributed by atoms with Gasteiger partial charge in [-0.1, -0.05) is 13.0 Å². The zero-order chi connectivity index (χ0) is 21.4.